The molecule has 0 saturated heterocycles. The summed E-state index contributed by atoms with van der Waals surface area (Å²) in [5.41, 5.74) is 5.72. The van der Waals surface area contributed by atoms with E-state index < -0.39 is 23.5 Å². The highest BCUT2D eigenvalue weighted by Gasteiger charge is 2.15. The fourth-order valence-electron chi connectivity index (χ4n) is 1.40. The Labute approximate surface area is 99.2 Å². The molecule has 2 N–H and O–H groups in total. The van der Waals surface area contributed by atoms with Gasteiger partial charge in [0.25, 0.3) is 0 Å². The number of rotatable bonds is 4. The zero-order valence-corrected chi connectivity index (χ0v) is 9.79. The minimum absolute atomic E-state index is 0. The molecule has 0 aliphatic carbocycles. The van der Waals surface area contributed by atoms with E-state index in [0.29, 0.717) is 12.5 Å². The van der Waals surface area contributed by atoms with E-state index in [-0.39, 0.29) is 18.0 Å². The Balaban J connectivity index is 0.00000225. The number of halogens is 4. The molecule has 5 heteroatoms. The third-order valence-electron chi connectivity index (χ3n) is 2.31. The van der Waals surface area contributed by atoms with Gasteiger partial charge >= 0.3 is 0 Å². The number of hydrogen-bond donors (Lipinski definition) is 1. The van der Waals surface area contributed by atoms with E-state index in [9.17, 15) is 13.2 Å². The summed E-state index contributed by atoms with van der Waals surface area (Å²) in [7, 11) is 0. The maximum Gasteiger partial charge on any atom is 0.161 e. The molecule has 16 heavy (non-hydrogen) atoms. The Kier molecular flexibility index (Phi) is 6.45. The second kappa shape index (κ2) is 6.76. The van der Waals surface area contributed by atoms with Gasteiger partial charge in [0, 0.05) is 17.7 Å². The number of benzene rings is 1. The van der Waals surface area contributed by atoms with Crippen LogP contribution >= 0.6 is 12.4 Å². The Bertz CT molecular complexity index is 344. The van der Waals surface area contributed by atoms with Gasteiger partial charge in [-0.15, -0.1) is 12.4 Å². The summed E-state index contributed by atoms with van der Waals surface area (Å²) >= 11 is 0. The van der Waals surface area contributed by atoms with Crippen molar-refractivity contribution in [2.45, 2.75) is 32.2 Å². The summed E-state index contributed by atoms with van der Waals surface area (Å²) in [6, 6.07) is 0.807. The van der Waals surface area contributed by atoms with E-state index in [2.05, 4.69) is 0 Å². The lowest BCUT2D eigenvalue weighted by molar-refractivity contribution is 0.479. The first-order chi connectivity index (χ1) is 7.06. The molecular weight excluding hydrogens is 239 g/mol. The predicted molar refractivity (Wildman–Crippen MR) is 60.0 cm³/mol. The Morgan fingerprint density at radius 1 is 1.12 bits per heavy atom. The molecule has 0 saturated carbocycles. The van der Waals surface area contributed by atoms with Gasteiger partial charge in [0.05, 0.1) is 0 Å². The first-order valence-electron chi connectivity index (χ1n) is 4.96. The van der Waals surface area contributed by atoms with Crippen LogP contribution in [-0.4, -0.2) is 0 Å². The van der Waals surface area contributed by atoms with Gasteiger partial charge < -0.3 is 5.73 Å². The SMILES string of the molecule is CCCC[C@H](N)c1cc(F)c(F)cc1F.Cl. The van der Waals surface area contributed by atoms with Crippen molar-refractivity contribution >= 4 is 12.4 Å². The van der Waals surface area contributed by atoms with E-state index in [1.165, 1.54) is 0 Å². The van der Waals surface area contributed by atoms with Crippen LogP contribution in [-0.2, 0) is 0 Å². The minimum Gasteiger partial charge on any atom is -0.324 e. The Morgan fingerprint density at radius 2 is 1.69 bits per heavy atom. The normalized spacial score (nSPS) is 12.1. The Morgan fingerprint density at radius 3 is 2.25 bits per heavy atom. The summed E-state index contributed by atoms with van der Waals surface area (Å²) in [4.78, 5) is 0. The lowest BCUT2D eigenvalue weighted by Gasteiger charge is -2.12. The van der Waals surface area contributed by atoms with Gasteiger partial charge in [-0.2, -0.15) is 0 Å². The van der Waals surface area contributed by atoms with E-state index in [1.807, 2.05) is 6.92 Å². The van der Waals surface area contributed by atoms with Crippen LogP contribution < -0.4 is 5.73 Å². The maximum absolute atomic E-state index is 13.2. The van der Waals surface area contributed by atoms with E-state index in [4.69, 9.17) is 5.73 Å². The van der Waals surface area contributed by atoms with Crippen LogP contribution in [0.15, 0.2) is 12.1 Å². The molecule has 1 nitrogen and oxygen atoms in total. The maximum atomic E-state index is 13.2. The van der Waals surface area contributed by atoms with Gasteiger partial charge in [-0.05, 0) is 12.5 Å². The van der Waals surface area contributed by atoms with Crippen molar-refractivity contribution < 1.29 is 13.2 Å². The van der Waals surface area contributed by atoms with Crippen LogP contribution in [0.1, 0.15) is 37.8 Å². The number of unbranched alkanes of at least 4 members (excludes halogenated alkanes) is 1. The van der Waals surface area contributed by atoms with Gasteiger partial charge in [-0.3, -0.25) is 0 Å². The van der Waals surface area contributed by atoms with Gasteiger partial charge in [0.15, 0.2) is 11.6 Å². The van der Waals surface area contributed by atoms with Crippen molar-refractivity contribution in [1.29, 1.82) is 0 Å². The second-order valence-electron chi connectivity index (χ2n) is 3.54. The van der Waals surface area contributed by atoms with Gasteiger partial charge in [-0.25, -0.2) is 13.2 Å². The zero-order chi connectivity index (χ0) is 11.4. The monoisotopic (exact) mass is 253 g/mol. The van der Waals surface area contributed by atoms with Crippen LogP contribution in [0.5, 0.6) is 0 Å². The second-order valence-corrected chi connectivity index (χ2v) is 3.54. The van der Waals surface area contributed by atoms with Crippen LogP contribution in [0.4, 0.5) is 13.2 Å². The lowest BCUT2D eigenvalue weighted by atomic mass is 10.0. The average Bonchev–Trinajstić information content (AvgIpc) is 2.20. The van der Waals surface area contributed by atoms with Crippen molar-refractivity contribution in [2.24, 2.45) is 5.73 Å². The minimum atomic E-state index is -1.18. The van der Waals surface area contributed by atoms with Crippen molar-refractivity contribution in [1.82, 2.24) is 0 Å². The summed E-state index contributed by atoms with van der Waals surface area (Å²) in [5, 5.41) is 0. The zero-order valence-electron chi connectivity index (χ0n) is 8.97. The molecule has 0 spiro atoms. The van der Waals surface area contributed by atoms with Gasteiger partial charge in [0.1, 0.15) is 5.82 Å². The first kappa shape index (κ1) is 15.3. The Hall–Kier alpha value is -0.740. The molecule has 0 unspecified atom stereocenters. The fraction of sp³-hybridized carbons (Fsp3) is 0.455. The standard InChI is InChI=1S/C11H14F3N.ClH/c1-2-3-4-11(15)7-5-9(13)10(14)6-8(7)12;/h5-6,11H,2-4,15H2,1H3;1H/t11-;/m0./s1. The lowest BCUT2D eigenvalue weighted by Crippen LogP contribution is -2.13. The molecule has 1 aromatic rings. The van der Waals surface area contributed by atoms with Gasteiger partial charge in [-0.1, -0.05) is 19.8 Å². The van der Waals surface area contributed by atoms with Crippen molar-refractivity contribution in [3.05, 3.63) is 35.1 Å². The largest absolute Gasteiger partial charge is 0.324 e. The molecule has 0 radical (unpaired) electrons. The molecule has 0 aliphatic rings. The summed E-state index contributed by atoms with van der Waals surface area (Å²) < 4.78 is 38.7. The first-order valence-corrected chi connectivity index (χ1v) is 4.96. The molecule has 92 valence electrons. The molecule has 0 bridgehead atoms. The topological polar surface area (TPSA) is 26.0 Å². The third-order valence-corrected chi connectivity index (χ3v) is 2.31. The number of hydrogen-bond acceptors (Lipinski definition) is 1. The highest BCUT2D eigenvalue weighted by Crippen LogP contribution is 2.22. The third kappa shape index (κ3) is 3.68. The van der Waals surface area contributed by atoms with E-state index in [0.717, 1.165) is 18.9 Å². The molecule has 0 heterocycles. The van der Waals surface area contributed by atoms with Crippen LogP contribution in [0.3, 0.4) is 0 Å². The fourth-order valence-corrected chi connectivity index (χ4v) is 1.40. The average molecular weight is 254 g/mol. The molecule has 0 aromatic heterocycles. The van der Waals surface area contributed by atoms with Crippen molar-refractivity contribution in [2.75, 3.05) is 0 Å². The molecular formula is C11H15ClF3N. The van der Waals surface area contributed by atoms with Gasteiger partial charge in [0.2, 0.25) is 0 Å². The van der Waals surface area contributed by atoms with Crippen LogP contribution in [0.25, 0.3) is 0 Å². The predicted octanol–water partition coefficient (Wildman–Crippen LogP) is 3.72. The van der Waals surface area contributed by atoms with E-state index in [1.54, 1.807) is 0 Å². The highest BCUT2D eigenvalue weighted by atomic mass is 35.5. The molecule has 1 rings (SSSR count). The van der Waals surface area contributed by atoms with Crippen LogP contribution in [0.2, 0.25) is 0 Å². The summed E-state index contributed by atoms with van der Waals surface area (Å²) in [6.07, 6.45) is 2.33. The number of nitrogens with two attached hydrogens (primary N) is 1. The molecule has 1 aromatic carbocycles. The highest BCUT2D eigenvalue weighted by molar-refractivity contribution is 5.85. The molecule has 1 atom stereocenters. The molecule has 0 aliphatic heterocycles. The quantitative estimate of drug-likeness (QED) is 0.814. The smallest absolute Gasteiger partial charge is 0.161 e. The molecule has 0 amide bonds. The van der Waals surface area contributed by atoms with Crippen molar-refractivity contribution in [3.8, 4) is 0 Å². The van der Waals surface area contributed by atoms with E-state index >= 15 is 0 Å². The van der Waals surface area contributed by atoms with Crippen molar-refractivity contribution in [3.63, 3.8) is 0 Å². The summed E-state index contributed by atoms with van der Waals surface area (Å²) in [6.45, 7) is 1.98. The summed E-state index contributed by atoms with van der Waals surface area (Å²) in [5.74, 6) is -3.02. The molecule has 0 fully saturated rings. The van der Waals surface area contributed by atoms with Crippen LogP contribution in [0, 0.1) is 17.5 Å².